The minimum Gasteiger partial charge on any atom is -0.365 e. The van der Waals surface area contributed by atoms with Gasteiger partial charge in [-0.1, -0.05) is 62.2 Å². The van der Waals surface area contributed by atoms with E-state index in [1.807, 2.05) is 6.07 Å². The van der Waals surface area contributed by atoms with Crippen LogP contribution in [0.5, 0.6) is 0 Å². The molecule has 1 aromatic carbocycles. The summed E-state index contributed by atoms with van der Waals surface area (Å²) in [6.45, 7) is 2.22. The Labute approximate surface area is 91.8 Å². The van der Waals surface area contributed by atoms with Crippen molar-refractivity contribution in [3.63, 3.8) is 0 Å². The summed E-state index contributed by atoms with van der Waals surface area (Å²) in [5.74, 6) is 0. The van der Waals surface area contributed by atoms with E-state index in [0.717, 1.165) is 0 Å². The van der Waals surface area contributed by atoms with Crippen molar-refractivity contribution in [1.29, 1.82) is 0 Å². The standard InChI is InChI=1S/C14H18O/c1-2-3-9-13-14(15-13)11-10-12-7-5-4-6-8-12/h4-8,10-11,13-14H,2-3,9H2,1H3/b11-10+/t13-,14-/m1/s1. The van der Waals surface area contributed by atoms with Crippen LogP contribution in [0.4, 0.5) is 0 Å². The van der Waals surface area contributed by atoms with Gasteiger partial charge >= 0.3 is 0 Å². The van der Waals surface area contributed by atoms with E-state index in [1.165, 1.54) is 24.8 Å². The van der Waals surface area contributed by atoms with E-state index in [4.69, 9.17) is 4.74 Å². The first-order valence-electron chi connectivity index (χ1n) is 5.79. The molecule has 1 saturated heterocycles. The van der Waals surface area contributed by atoms with Crippen LogP contribution < -0.4 is 0 Å². The van der Waals surface area contributed by atoms with Gasteiger partial charge in [-0.2, -0.15) is 0 Å². The number of hydrogen-bond donors (Lipinski definition) is 0. The molecule has 0 unspecified atom stereocenters. The van der Waals surface area contributed by atoms with Gasteiger partial charge in [0.1, 0.15) is 6.10 Å². The summed E-state index contributed by atoms with van der Waals surface area (Å²) in [7, 11) is 0. The highest BCUT2D eigenvalue weighted by Gasteiger charge is 2.35. The summed E-state index contributed by atoms with van der Waals surface area (Å²) < 4.78 is 5.55. The van der Waals surface area contributed by atoms with Crippen LogP contribution in [0.1, 0.15) is 31.7 Å². The molecule has 1 nitrogen and oxygen atoms in total. The fourth-order valence-electron chi connectivity index (χ4n) is 1.73. The lowest BCUT2D eigenvalue weighted by atomic mass is 10.1. The molecule has 1 fully saturated rings. The van der Waals surface area contributed by atoms with Crippen LogP contribution in [0.15, 0.2) is 36.4 Å². The average molecular weight is 202 g/mol. The normalized spacial score (nSPS) is 24.6. The number of epoxide rings is 1. The molecule has 0 radical (unpaired) electrons. The van der Waals surface area contributed by atoms with Gasteiger partial charge < -0.3 is 4.74 Å². The Morgan fingerprint density at radius 1 is 1.27 bits per heavy atom. The zero-order valence-corrected chi connectivity index (χ0v) is 9.23. The van der Waals surface area contributed by atoms with E-state index in [0.29, 0.717) is 12.2 Å². The minimum absolute atomic E-state index is 0.372. The summed E-state index contributed by atoms with van der Waals surface area (Å²) in [6.07, 6.45) is 8.93. The van der Waals surface area contributed by atoms with Crippen LogP contribution in [0, 0.1) is 0 Å². The molecule has 80 valence electrons. The first-order valence-corrected chi connectivity index (χ1v) is 5.79. The first-order chi connectivity index (χ1) is 7.40. The maximum atomic E-state index is 5.55. The molecule has 1 aliphatic rings. The molecule has 0 spiro atoms. The molecule has 1 heterocycles. The SMILES string of the molecule is CCCC[C@H]1O[C@@H]1/C=C/c1ccccc1. The predicted molar refractivity (Wildman–Crippen MR) is 63.7 cm³/mol. The van der Waals surface area contributed by atoms with Crippen LogP contribution in [0.3, 0.4) is 0 Å². The maximum Gasteiger partial charge on any atom is 0.103 e. The molecule has 0 N–H and O–H groups in total. The second-order valence-corrected chi connectivity index (χ2v) is 4.05. The molecule has 0 amide bonds. The minimum atomic E-state index is 0.372. The van der Waals surface area contributed by atoms with Crippen LogP contribution in [0.2, 0.25) is 0 Å². The summed E-state index contributed by atoms with van der Waals surface area (Å²) >= 11 is 0. The van der Waals surface area contributed by atoms with E-state index >= 15 is 0 Å². The third-order valence-corrected chi connectivity index (χ3v) is 2.74. The van der Waals surface area contributed by atoms with E-state index in [9.17, 15) is 0 Å². The summed E-state index contributed by atoms with van der Waals surface area (Å²) in [6, 6.07) is 10.4. The van der Waals surface area contributed by atoms with Gasteiger partial charge in [-0.15, -0.1) is 0 Å². The van der Waals surface area contributed by atoms with Crippen LogP contribution >= 0.6 is 0 Å². The molecule has 2 atom stereocenters. The number of hydrogen-bond acceptors (Lipinski definition) is 1. The van der Waals surface area contributed by atoms with Crippen molar-refractivity contribution in [2.24, 2.45) is 0 Å². The van der Waals surface area contributed by atoms with Gasteiger partial charge in [-0.25, -0.2) is 0 Å². The van der Waals surface area contributed by atoms with Gasteiger partial charge in [0.25, 0.3) is 0 Å². The monoisotopic (exact) mass is 202 g/mol. The Morgan fingerprint density at radius 3 is 2.80 bits per heavy atom. The molecule has 1 heteroatoms. The Balaban J connectivity index is 1.77. The molecule has 0 bridgehead atoms. The molecule has 0 aliphatic carbocycles. The average Bonchev–Trinajstić information content (AvgIpc) is 3.04. The third-order valence-electron chi connectivity index (χ3n) is 2.74. The lowest BCUT2D eigenvalue weighted by Gasteiger charge is -1.90. The Morgan fingerprint density at radius 2 is 2.07 bits per heavy atom. The smallest absolute Gasteiger partial charge is 0.103 e. The lowest BCUT2D eigenvalue weighted by Crippen LogP contribution is -1.89. The predicted octanol–water partition coefficient (Wildman–Crippen LogP) is 3.66. The fraction of sp³-hybridized carbons (Fsp3) is 0.429. The highest BCUT2D eigenvalue weighted by Crippen LogP contribution is 2.28. The highest BCUT2D eigenvalue weighted by atomic mass is 16.6. The molecule has 1 aromatic rings. The van der Waals surface area contributed by atoms with Gasteiger partial charge in [-0.3, -0.25) is 0 Å². The number of benzene rings is 1. The summed E-state index contributed by atoms with van der Waals surface area (Å²) in [5.41, 5.74) is 1.25. The quantitative estimate of drug-likeness (QED) is 0.664. The van der Waals surface area contributed by atoms with Gasteiger partial charge in [0.15, 0.2) is 0 Å². The van der Waals surface area contributed by atoms with Crippen molar-refractivity contribution < 1.29 is 4.74 Å². The molecular weight excluding hydrogens is 184 g/mol. The van der Waals surface area contributed by atoms with Crippen molar-refractivity contribution in [3.05, 3.63) is 42.0 Å². The molecule has 0 aromatic heterocycles. The topological polar surface area (TPSA) is 12.5 Å². The number of rotatable bonds is 5. The van der Waals surface area contributed by atoms with Crippen LogP contribution in [-0.2, 0) is 4.74 Å². The van der Waals surface area contributed by atoms with E-state index in [-0.39, 0.29) is 0 Å². The molecule has 15 heavy (non-hydrogen) atoms. The van der Waals surface area contributed by atoms with E-state index in [1.54, 1.807) is 0 Å². The number of ether oxygens (including phenoxy) is 1. The summed E-state index contributed by atoms with van der Waals surface area (Å²) in [5, 5.41) is 0. The van der Waals surface area contributed by atoms with E-state index in [2.05, 4.69) is 43.3 Å². The van der Waals surface area contributed by atoms with Crippen molar-refractivity contribution in [1.82, 2.24) is 0 Å². The highest BCUT2D eigenvalue weighted by molar-refractivity contribution is 5.49. The van der Waals surface area contributed by atoms with Crippen LogP contribution in [-0.4, -0.2) is 12.2 Å². The Hall–Kier alpha value is -1.08. The maximum absolute atomic E-state index is 5.55. The van der Waals surface area contributed by atoms with Crippen molar-refractivity contribution in [2.45, 2.75) is 38.4 Å². The van der Waals surface area contributed by atoms with Gasteiger partial charge in [0.05, 0.1) is 6.10 Å². The zero-order chi connectivity index (χ0) is 10.5. The lowest BCUT2D eigenvalue weighted by molar-refractivity contribution is 0.375. The first kappa shape index (κ1) is 10.4. The van der Waals surface area contributed by atoms with Gasteiger partial charge in [-0.05, 0) is 12.0 Å². The van der Waals surface area contributed by atoms with Gasteiger partial charge in [0, 0.05) is 0 Å². The zero-order valence-electron chi connectivity index (χ0n) is 9.23. The molecule has 1 aliphatic heterocycles. The fourth-order valence-corrected chi connectivity index (χ4v) is 1.73. The molecule has 0 saturated carbocycles. The van der Waals surface area contributed by atoms with Crippen LogP contribution in [0.25, 0.3) is 6.08 Å². The molecule has 2 rings (SSSR count). The van der Waals surface area contributed by atoms with Gasteiger partial charge in [0.2, 0.25) is 0 Å². The number of unbranched alkanes of at least 4 members (excludes halogenated alkanes) is 1. The second-order valence-electron chi connectivity index (χ2n) is 4.05. The Kier molecular flexibility index (Phi) is 3.57. The largest absolute Gasteiger partial charge is 0.365 e. The van der Waals surface area contributed by atoms with Crippen molar-refractivity contribution in [3.8, 4) is 0 Å². The van der Waals surface area contributed by atoms with E-state index < -0.39 is 0 Å². The van der Waals surface area contributed by atoms with Crippen molar-refractivity contribution in [2.75, 3.05) is 0 Å². The Bertz CT molecular complexity index is 315. The van der Waals surface area contributed by atoms with Crippen molar-refractivity contribution >= 4 is 6.08 Å². The third kappa shape index (κ3) is 3.21. The second kappa shape index (κ2) is 5.13. The summed E-state index contributed by atoms with van der Waals surface area (Å²) in [4.78, 5) is 0. The molecular formula is C14H18O.